The number of hydrogen-bond acceptors (Lipinski definition) is 1. The molecule has 0 N–H and O–H groups in total. The van der Waals surface area contributed by atoms with Gasteiger partial charge in [0.05, 0.1) is 6.61 Å². The molecule has 0 bridgehead atoms. The van der Waals surface area contributed by atoms with Gasteiger partial charge in [0.2, 0.25) is 0 Å². The minimum atomic E-state index is -0.106. The molecule has 0 radical (unpaired) electrons. The van der Waals surface area contributed by atoms with E-state index in [0.29, 0.717) is 0 Å². The molecule has 0 saturated heterocycles. The monoisotopic (exact) mass is 120 g/mol. The third-order valence-electron chi connectivity index (χ3n) is 0.554. The molecule has 0 aromatic carbocycles. The summed E-state index contributed by atoms with van der Waals surface area (Å²) >= 11 is 0. The minimum Gasteiger partial charge on any atom is -0.360 e. The maximum Gasteiger partial charge on any atom is 0.0506 e. The molecule has 1 nitrogen and oxygen atoms in total. The molecule has 0 saturated carbocycles. The summed E-state index contributed by atoms with van der Waals surface area (Å²) in [5, 5.41) is 0. The third kappa shape index (κ3) is 6.39. The summed E-state index contributed by atoms with van der Waals surface area (Å²) in [7, 11) is -0.106. The van der Waals surface area contributed by atoms with Crippen LogP contribution in [0.2, 0.25) is 0 Å². The van der Waals surface area contributed by atoms with Crippen LogP contribution in [0.3, 0.4) is 0 Å². The summed E-state index contributed by atoms with van der Waals surface area (Å²) in [5.74, 6) is 0. The van der Waals surface area contributed by atoms with Gasteiger partial charge in [-0.15, -0.1) is 0 Å². The van der Waals surface area contributed by atoms with Crippen molar-refractivity contribution in [2.75, 3.05) is 19.9 Å². The predicted octanol–water partition coefficient (Wildman–Crippen LogP) is 2.07. The average molecular weight is 120 g/mol. The van der Waals surface area contributed by atoms with Crippen LogP contribution < -0.4 is 0 Å². The van der Waals surface area contributed by atoms with E-state index in [2.05, 4.69) is 20.3 Å². The average Bonchev–Trinajstić information content (AvgIpc) is 1.61. The Morgan fingerprint density at radius 1 is 1.43 bits per heavy atom. The summed E-state index contributed by atoms with van der Waals surface area (Å²) in [5.41, 5.74) is 0. The van der Waals surface area contributed by atoms with Crippen LogP contribution in [0.4, 0.5) is 0 Å². The van der Waals surface area contributed by atoms with Crippen molar-refractivity contribution in [1.82, 2.24) is 0 Å². The Morgan fingerprint density at radius 3 is 2.14 bits per heavy atom. The highest BCUT2D eigenvalue weighted by atomic mass is 31.1. The predicted molar refractivity (Wildman–Crippen MR) is 35.0 cm³/mol. The molecule has 0 aliphatic heterocycles. The van der Waals surface area contributed by atoms with Gasteiger partial charge in [0.1, 0.15) is 0 Å². The fourth-order valence-electron chi connectivity index (χ4n) is 0.274. The molecular formula is C5H13OP. The zero-order valence-electron chi connectivity index (χ0n) is 5.27. The van der Waals surface area contributed by atoms with E-state index in [1.54, 1.807) is 0 Å². The number of hydrogen-bond donors (Lipinski definition) is 0. The summed E-state index contributed by atoms with van der Waals surface area (Å²) in [4.78, 5) is 0. The molecule has 0 aromatic heterocycles. The van der Waals surface area contributed by atoms with Gasteiger partial charge in [0.25, 0.3) is 0 Å². The van der Waals surface area contributed by atoms with Crippen LogP contribution in [0.25, 0.3) is 0 Å². The summed E-state index contributed by atoms with van der Waals surface area (Å²) in [6, 6.07) is 0. The van der Waals surface area contributed by atoms with Crippen LogP contribution in [-0.4, -0.2) is 19.9 Å². The van der Waals surface area contributed by atoms with Crippen LogP contribution in [-0.2, 0) is 4.52 Å². The van der Waals surface area contributed by atoms with Crippen LogP contribution in [0.5, 0.6) is 0 Å². The smallest absolute Gasteiger partial charge is 0.0506 e. The van der Waals surface area contributed by atoms with E-state index in [1.807, 2.05) is 0 Å². The molecule has 0 atom stereocenters. The first-order valence-electron chi connectivity index (χ1n) is 2.57. The molecule has 0 aromatic rings. The fourth-order valence-corrected chi connectivity index (χ4v) is 0.822. The zero-order chi connectivity index (χ0) is 5.70. The van der Waals surface area contributed by atoms with Gasteiger partial charge in [-0.25, -0.2) is 0 Å². The molecule has 0 aliphatic carbocycles. The molecule has 0 rings (SSSR count). The molecule has 7 heavy (non-hydrogen) atoms. The summed E-state index contributed by atoms with van der Waals surface area (Å²) in [6.45, 7) is 7.29. The standard InChI is InChI=1S/C5H13OP/c1-4-5-6-7(2)3/h4-5H2,1-3H3. The van der Waals surface area contributed by atoms with Crippen molar-refractivity contribution in [3.63, 3.8) is 0 Å². The zero-order valence-corrected chi connectivity index (χ0v) is 6.16. The lowest BCUT2D eigenvalue weighted by Gasteiger charge is -2.02. The molecule has 0 spiro atoms. The second-order valence-electron chi connectivity index (χ2n) is 1.65. The lowest BCUT2D eigenvalue weighted by molar-refractivity contribution is 0.356. The van der Waals surface area contributed by atoms with Gasteiger partial charge in [0.15, 0.2) is 0 Å². The van der Waals surface area contributed by atoms with Crippen LogP contribution in [0.15, 0.2) is 0 Å². The van der Waals surface area contributed by atoms with Gasteiger partial charge in [-0.3, -0.25) is 0 Å². The van der Waals surface area contributed by atoms with E-state index in [9.17, 15) is 0 Å². The van der Waals surface area contributed by atoms with Crippen molar-refractivity contribution < 1.29 is 4.52 Å². The van der Waals surface area contributed by atoms with Gasteiger partial charge in [-0.2, -0.15) is 0 Å². The highest BCUT2D eigenvalue weighted by Crippen LogP contribution is 2.25. The van der Waals surface area contributed by atoms with Crippen LogP contribution >= 0.6 is 8.15 Å². The summed E-state index contributed by atoms with van der Waals surface area (Å²) in [6.07, 6.45) is 1.14. The number of rotatable bonds is 3. The molecule has 0 fully saturated rings. The van der Waals surface area contributed by atoms with Gasteiger partial charge < -0.3 is 4.52 Å². The Balaban J connectivity index is 2.68. The SMILES string of the molecule is CCCOP(C)C. The van der Waals surface area contributed by atoms with E-state index in [-0.39, 0.29) is 8.15 Å². The summed E-state index contributed by atoms with van der Waals surface area (Å²) < 4.78 is 5.26. The molecule has 0 amide bonds. The van der Waals surface area contributed by atoms with Crippen molar-refractivity contribution in [1.29, 1.82) is 0 Å². The first-order valence-corrected chi connectivity index (χ1v) is 4.73. The van der Waals surface area contributed by atoms with E-state index < -0.39 is 0 Å². The van der Waals surface area contributed by atoms with Crippen molar-refractivity contribution >= 4 is 8.15 Å². The van der Waals surface area contributed by atoms with Crippen LogP contribution in [0.1, 0.15) is 13.3 Å². The lowest BCUT2D eigenvalue weighted by atomic mass is 10.5. The van der Waals surface area contributed by atoms with Gasteiger partial charge in [-0.1, -0.05) is 6.92 Å². The maximum absolute atomic E-state index is 5.26. The van der Waals surface area contributed by atoms with Gasteiger partial charge in [-0.05, 0) is 19.8 Å². The molecule has 2 heteroatoms. The van der Waals surface area contributed by atoms with Crippen molar-refractivity contribution in [2.45, 2.75) is 13.3 Å². The minimum absolute atomic E-state index is 0.106. The van der Waals surface area contributed by atoms with Crippen LogP contribution in [0, 0.1) is 0 Å². The van der Waals surface area contributed by atoms with E-state index in [0.717, 1.165) is 13.0 Å². The Labute approximate surface area is 46.9 Å². The normalized spacial score (nSPS) is 10.3. The molecular weight excluding hydrogens is 107 g/mol. The van der Waals surface area contributed by atoms with Gasteiger partial charge >= 0.3 is 0 Å². The highest BCUT2D eigenvalue weighted by Gasteiger charge is 1.86. The lowest BCUT2D eigenvalue weighted by Crippen LogP contribution is -1.82. The second kappa shape index (κ2) is 4.55. The topological polar surface area (TPSA) is 9.23 Å². The van der Waals surface area contributed by atoms with Crippen molar-refractivity contribution in [2.24, 2.45) is 0 Å². The largest absolute Gasteiger partial charge is 0.360 e. The maximum atomic E-state index is 5.26. The second-order valence-corrected chi connectivity index (χ2v) is 3.53. The fraction of sp³-hybridized carbons (Fsp3) is 1.00. The highest BCUT2D eigenvalue weighted by molar-refractivity contribution is 7.50. The van der Waals surface area contributed by atoms with E-state index >= 15 is 0 Å². The van der Waals surface area contributed by atoms with Crippen molar-refractivity contribution in [3.8, 4) is 0 Å². The Kier molecular flexibility index (Phi) is 4.80. The first kappa shape index (κ1) is 7.39. The van der Waals surface area contributed by atoms with Gasteiger partial charge in [0, 0.05) is 8.15 Å². The molecule has 0 unspecified atom stereocenters. The third-order valence-corrected chi connectivity index (χ3v) is 1.25. The Bertz CT molecular complexity index is 37.1. The molecule has 0 heterocycles. The molecule has 0 aliphatic rings. The van der Waals surface area contributed by atoms with E-state index in [4.69, 9.17) is 4.52 Å². The Morgan fingerprint density at radius 2 is 2.00 bits per heavy atom. The Hall–Kier alpha value is 0.390. The van der Waals surface area contributed by atoms with E-state index in [1.165, 1.54) is 0 Å². The quantitative estimate of drug-likeness (QED) is 0.518. The first-order chi connectivity index (χ1) is 3.27. The molecule has 44 valence electrons. The van der Waals surface area contributed by atoms with Crippen molar-refractivity contribution in [3.05, 3.63) is 0 Å².